The molecule has 1 aromatic heterocycles. The second-order valence-electron chi connectivity index (χ2n) is 9.01. The van der Waals surface area contributed by atoms with Gasteiger partial charge < -0.3 is 10.1 Å². The normalized spacial score (nSPS) is 22.9. The lowest BCUT2D eigenvalue weighted by Gasteiger charge is -2.28. The van der Waals surface area contributed by atoms with Crippen LogP contribution in [0.5, 0.6) is 5.75 Å². The van der Waals surface area contributed by atoms with Crippen molar-refractivity contribution in [1.29, 1.82) is 0 Å². The molecule has 4 unspecified atom stereocenters. The highest BCUT2D eigenvalue weighted by Crippen LogP contribution is 2.49. The number of nitrogens with one attached hydrogen (secondary N) is 1. The van der Waals surface area contributed by atoms with Crippen LogP contribution in [0.15, 0.2) is 66.9 Å². The molecule has 2 fully saturated rings. The number of hydrogen-bond acceptors (Lipinski definition) is 3. The standard InChI is InChI=1S/C26H29N3O2/c1-18(24-16-19-7-8-22(24)15-19)27-26(30)25-13-14-29(28-25)17-31-23-11-9-21(10-12-23)20-5-3-2-4-6-20/h2-6,9-14,18-19,22,24H,7-8,15-17H2,1H3,(H,27,30). The molecule has 5 rings (SSSR count). The Kier molecular flexibility index (Phi) is 5.49. The SMILES string of the molecule is CC(NC(=O)c1ccn(COc2ccc(-c3ccccc3)cc2)n1)C1CC2CCC1C2. The van der Waals surface area contributed by atoms with Crippen LogP contribution in [0.4, 0.5) is 0 Å². The third-order valence-corrected chi connectivity index (χ3v) is 6.99. The van der Waals surface area contributed by atoms with E-state index in [0.717, 1.165) is 23.1 Å². The zero-order valence-corrected chi connectivity index (χ0v) is 17.9. The second-order valence-corrected chi connectivity index (χ2v) is 9.01. The minimum Gasteiger partial charge on any atom is -0.471 e. The molecule has 2 aromatic carbocycles. The summed E-state index contributed by atoms with van der Waals surface area (Å²) in [5.41, 5.74) is 2.77. The predicted octanol–water partition coefficient (Wildman–Crippen LogP) is 5.14. The summed E-state index contributed by atoms with van der Waals surface area (Å²) in [5.74, 6) is 2.96. The van der Waals surface area contributed by atoms with Gasteiger partial charge in [-0.05, 0) is 73.3 Å². The highest BCUT2D eigenvalue weighted by atomic mass is 16.5. The minimum absolute atomic E-state index is 0.0961. The monoisotopic (exact) mass is 415 g/mol. The van der Waals surface area contributed by atoms with Gasteiger partial charge in [-0.1, -0.05) is 48.9 Å². The van der Waals surface area contributed by atoms with E-state index >= 15 is 0 Å². The number of rotatable bonds is 7. The number of carbonyl (C=O) groups excluding carboxylic acids is 1. The summed E-state index contributed by atoms with van der Waals surface area (Å²) in [6.45, 7) is 2.41. The van der Waals surface area contributed by atoms with Gasteiger partial charge in [0.2, 0.25) is 0 Å². The van der Waals surface area contributed by atoms with Crippen molar-refractivity contribution in [2.24, 2.45) is 17.8 Å². The molecule has 0 radical (unpaired) electrons. The number of amides is 1. The van der Waals surface area contributed by atoms with Crippen LogP contribution in [0.25, 0.3) is 11.1 Å². The predicted molar refractivity (Wildman–Crippen MR) is 121 cm³/mol. The largest absolute Gasteiger partial charge is 0.471 e. The van der Waals surface area contributed by atoms with E-state index in [1.807, 2.05) is 42.5 Å². The third kappa shape index (κ3) is 4.36. The number of nitrogens with zero attached hydrogens (tertiary/aromatic N) is 2. The van der Waals surface area contributed by atoms with E-state index in [-0.39, 0.29) is 18.7 Å². The Morgan fingerprint density at radius 1 is 1.06 bits per heavy atom. The van der Waals surface area contributed by atoms with Crippen molar-refractivity contribution in [2.75, 3.05) is 0 Å². The van der Waals surface area contributed by atoms with Crippen LogP contribution in [0.3, 0.4) is 0 Å². The Morgan fingerprint density at radius 2 is 1.84 bits per heavy atom. The van der Waals surface area contributed by atoms with Gasteiger partial charge in [-0.3, -0.25) is 4.79 Å². The van der Waals surface area contributed by atoms with E-state index in [4.69, 9.17) is 4.74 Å². The molecule has 1 N–H and O–H groups in total. The summed E-state index contributed by atoms with van der Waals surface area (Å²) in [6, 6.07) is 20.2. The van der Waals surface area contributed by atoms with Crippen molar-refractivity contribution in [3.05, 3.63) is 72.6 Å². The van der Waals surface area contributed by atoms with Crippen molar-refractivity contribution in [2.45, 2.75) is 45.4 Å². The Morgan fingerprint density at radius 3 is 2.55 bits per heavy atom. The molecule has 2 aliphatic rings. The van der Waals surface area contributed by atoms with Gasteiger partial charge in [0.1, 0.15) is 11.4 Å². The van der Waals surface area contributed by atoms with E-state index < -0.39 is 0 Å². The molecular formula is C26H29N3O2. The Hall–Kier alpha value is -3.08. The zero-order chi connectivity index (χ0) is 21.2. The Labute approximate surface area is 183 Å². The molecule has 1 amide bonds. The van der Waals surface area contributed by atoms with Crippen LogP contribution >= 0.6 is 0 Å². The molecule has 31 heavy (non-hydrogen) atoms. The van der Waals surface area contributed by atoms with E-state index in [1.165, 1.54) is 31.2 Å². The topological polar surface area (TPSA) is 56.2 Å². The average Bonchev–Trinajstić information content (AvgIpc) is 3.56. The van der Waals surface area contributed by atoms with Gasteiger partial charge in [0, 0.05) is 12.2 Å². The van der Waals surface area contributed by atoms with Crippen LogP contribution in [0.2, 0.25) is 0 Å². The van der Waals surface area contributed by atoms with Gasteiger partial charge in [-0.25, -0.2) is 4.68 Å². The van der Waals surface area contributed by atoms with E-state index in [9.17, 15) is 4.79 Å². The summed E-state index contributed by atoms with van der Waals surface area (Å²) >= 11 is 0. The maximum absolute atomic E-state index is 12.7. The molecule has 0 spiro atoms. The summed E-state index contributed by atoms with van der Waals surface area (Å²) < 4.78 is 7.50. The fraction of sp³-hybridized carbons (Fsp3) is 0.385. The molecule has 3 aromatic rings. The molecule has 0 aliphatic heterocycles. The first-order valence-corrected chi connectivity index (χ1v) is 11.3. The third-order valence-electron chi connectivity index (χ3n) is 6.99. The Balaban J connectivity index is 1.14. The number of fused-ring (bicyclic) bond motifs is 2. The van der Waals surface area contributed by atoms with Crippen LogP contribution in [0, 0.1) is 17.8 Å². The van der Waals surface area contributed by atoms with E-state index in [2.05, 4.69) is 29.5 Å². The first-order chi connectivity index (χ1) is 15.2. The lowest BCUT2D eigenvalue weighted by molar-refractivity contribution is 0.0908. The molecule has 5 nitrogen and oxygen atoms in total. The number of hydrogen-bond donors (Lipinski definition) is 1. The Bertz CT molecular complexity index is 1030. The molecule has 4 atom stereocenters. The van der Waals surface area contributed by atoms with Gasteiger partial charge >= 0.3 is 0 Å². The van der Waals surface area contributed by atoms with Crippen molar-refractivity contribution in [3.8, 4) is 16.9 Å². The van der Waals surface area contributed by atoms with E-state index in [1.54, 1.807) is 16.9 Å². The zero-order valence-electron chi connectivity index (χ0n) is 17.9. The molecule has 2 aliphatic carbocycles. The van der Waals surface area contributed by atoms with Crippen LogP contribution < -0.4 is 10.1 Å². The van der Waals surface area contributed by atoms with Crippen LogP contribution in [-0.4, -0.2) is 21.7 Å². The maximum Gasteiger partial charge on any atom is 0.271 e. The first-order valence-electron chi connectivity index (χ1n) is 11.3. The smallest absolute Gasteiger partial charge is 0.271 e. The van der Waals surface area contributed by atoms with Gasteiger partial charge in [0.15, 0.2) is 6.73 Å². The second kappa shape index (κ2) is 8.58. The average molecular weight is 416 g/mol. The van der Waals surface area contributed by atoms with Crippen molar-refractivity contribution in [1.82, 2.24) is 15.1 Å². The fourth-order valence-electron chi connectivity index (χ4n) is 5.36. The molecule has 5 heteroatoms. The number of benzene rings is 2. The molecule has 2 saturated carbocycles. The highest BCUT2D eigenvalue weighted by Gasteiger charge is 2.42. The number of carbonyl (C=O) groups is 1. The van der Waals surface area contributed by atoms with Gasteiger partial charge in [0.25, 0.3) is 5.91 Å². The number of ether oxygens (including phenoxy) is 1. The molecule has 1 heterocycles. The fourth-order valence-corrected chi connectivity index (χ4v) is 5.36. The van der Waals surface area contributed by atoms with Crippen molar-refractivity contribution in [3.63, 3.8) is 0 Å². The van der Waals surface area contributed by atoms with Crippen molar-refractivity contribution < 1.29 is 9.53 Å². The minimum atomic E-state index is -0.0961. The quantitative estimate of drug-likeness (QED) is 0.581. The van der Waals surface area contributed by atoms with E-state index in [0.29, 0.717) is 11.6 Å². The summed E-state index contributed by atoms with van der Waals surface area (Å²) in [4.78, 5) is 12.7. The van der Waals surface area contributed by atoms with Crippen molar-refractivity contribution >= 4 is 5.91 Å². The van der Waals surface area contributed by atoms with Crippen LogP contribution in [0.1, 0.15) is 43.1 Å². The summed E-state index contributed by atoms with van der Waals surface area (Å²) in [7, 11) is 0. The van der Waals surface area contributed by atoms with Gasteiger partial charge in [-0.15, -0.1) is 0 Å². The number of aromatic nitrogens is 2. The van der Waals surface area contributed by atoms with Gasteiger partial charge in [-0.2, -0.15) is 5.10 Å². The lowest BCUT2D eigenvalue weighted by Crippen LogP contribution is -2.40. The summed E-state index contributed by atoms with van der Waals surface area (Å²) in [6.07, 6.45) is 7.10. The summed E-state index contributed by atoms with van der Waals surface area (Å²) in [5, 5.41) is 7.57. The maximum atomic E-state index is 12.7. The van der Waals surface area contributed by atoms with Crippen LogP contribution in [-0.2, 0) is 6.73 Å². The highest BCUT2D eigenvalue weighted by molar-refractivity contribution is 5.92. The van der Waals surface area contributed by atoms with Gasteiger partial charge in [0.05, 0.1) is 0 Å². The molecule has 2 bridgehead atoms. The molecular weight excluding hydrogens is 386 g/mol. The first kappa shape index (κ1) is 19.9. The lowest BCUT2D eigenvalue weighted by atomic mass is 9.84. The molecule has 0 saturated heterocycles. The molecule has 160 valence electrons.